The molecule has 0 atom stereocenters. The molecule has 1 saturated heterocycles. The highest BCUT2D eigenvalue weighted by Gasteiger charge is 2.23. The number of likely N-dealkylation sites (tertiary alicyclic amines) is 1. The van der Waals surface area contributed by atoms with E-state index in [1.165, 1.54) is 0 Å². The summed E-state index contributed by atoms with van der Waals surface area (Å²) in [4.78, 5) is 22.8. The van der Waals surface area contributed by atoms with E-state index in [1.54, 1.807) is 4.90 Å². The average Bonchev–Trinajstić information content (AvgIpc) is 3.15. The monoisotopic (exact) mass is 400 g/mol. The summed E-state index contributed by atoms with van der Waals surface area (Å²) < 4.78 is 7.26. The highest BCUT2D eigenvalue weighted by Crippen LogP contribution is 2.13. The van der Waals surface area contributed by atoms with E-state index in [-0.39, 0.29) is 6.09 Å². The molecule has 1 fully saturated rings. The van der Waals surface area contributed by atoms with Crippen LogP contribution >= 0.6 is 0 Å². The second kappa shape index (κ2) is 10.7. The summed E-state index contributed by atoms with van der Waals surface area (Å²) >= 11 is 0. The minimum absolute atomic E-state index is 0.210. The number of nitrogens with zero attached hydrogens (tertiary/aromatic N) is 4. The number of para-hydroxylation sites is 2. The van der Waals surface area contributed by atoms with Crippen molar-refractivity contribution in [1.82, 2.24) is 25.1 Å². The zero-order chi connectivity index (χ0) is 20.5. The van der Waals surface area contributed by atoms with Crippen LogP contribution in [-0.4, -0.2) is 65.3 Å². The van der Waals surface area contributed by atoms with Crippen LogP contribution in [0.1, 0.15) is 33.1 Å². The number of guanidine groups is 1. The number of nitrogens with one attached hydrogen (secondary N) is 2. The van der Waals surface area contributed by atoms with E-state index in [1.807, 2.05) is 31.5 Å². The first-order chi connectivity index (χ1) is 14.2. The Bertz CT molecular complexity index is 810. The number of hydrogen-bond acceptors (Lipinski definition) is 4. The molecule has 1 aliphatic rings. The molecule has 0 spiro atoms. The number of rotatable bonds is 7. The van der Waals surface area contributed by atoms with Gasteiger partial charge in [-0.15, -0.1) is 0 Å². The predicted octanol–water partition coefficient (Wildman–Crippen LogP) is 2.60. The number of aliphatic imine (C=N–C) groups is 1. The minimum atomic E-state index is -0.210. The van der Waals surface area contributed by atoms with Crippen LogP contribution in [0.5, 0.6) is 0 Å². The van der Waals surface area contributed by atoms with Crippen molar-refractivity contribution < 1.29 is 9.53 Å². The van der Waals surface area contributed by atoms with Crippen LogP contribution in [0.3, 0.4) is 0 Å². The van der Waals surface area contributed by atoms with E-state index in [4.69, 9.17) is 9.73 Å². The van der Waals surface area contributed by atoms with Crippen LogP contribution in [0.2, 0.25) is 0 Å². The van der Waals surface area contributed by atoms with Gasteiger partial charge in [0.1, 0.15) is 0 Å². The van der Waals surface area contributed by atoms with Crippen LogP contribution in [0.25, 0.3) is 11.0 Å². The first-order valence-electron chi connectivity index (χ1n) is 10.6. The Kier molecular flexibility index (Phi) is 7.72. The molecule has 1 aromatic heterocycles. The Morgan fingerprint density at radius 3 is 2.83 bits per heavy atom. The van der Waals surface area contributed by atoms with Gasteiger partial charge < -0.3 is 24.8 Å². The molecule has 2 N–H and O–H groups in total. The maximum absolute atomic E-state index is 11.8. The summed E-state index contributed by atoms with van der Waals surface area (Å²) in [5.74, 6) is 0.845. The summed E-state index contributed by atoms with van der Waals surface area (Å²) in [6.45, 7) is 8.19. The van der Waals surface area contributed by atoms with E-state index in [2.05, 4.69) is 33.2 Å². The molecular weight excluding hydrogens is 368 g/mol. The van der Waals surface area contributed by atoms with E-state index >= 15 is 0 Å². The van der Waals surface area contributed by atoms with Crippen LogP contribution in [-0.2, 0) is 11.3 Å². The molecule has 1 aromatic carbocycles. The van der Waals surface area contributed by atoms with E-state index in [0.717, 1.165) is 55.9 Å². The molecule has 8 nitrogen and oxygen atoms in total. The fourth-order valence-corrected chi connectivity index (χ4v) is 3.55. The molecule has 29 heavy (non-hydrogen) atoms. The van der Waals surface area contributed by atoms with E-state index in [9.17, 15) is 4.79 Å². The predicted molar refractivity (Wildman–Crippen MR) is 115 cm³/mol. The maximum atomic E-state index is 11.8. The van der Waals surface area contributed by atoms with Crippen molar-refractivity contribution in [2.45, 2.75) is 45.7 Å². The summed E-state index contributed by atoms with van der Waals surface area (Å²) in [7, 11) is 0. The van der Waals surface area contributed by atoms with Crippen molar-refractivity contribution in [1.29, 1.82) is 0 Å². The lowest BCUT2D eigenvalue weighted by molar-refractivity contribution is 0.0963. The maximum Gasteiger partial charge on any atom is 0.409 e. The van der Waals surface area contributed by atoms with Gasteiger partial charge in [-0.3, -0.25) is 4.99 Å². The SMILES string of the molecule is CCNC(=NCCCn1cnc2ccccc21)NC1CCN(C(=O)OCC)CC1. The number of fused-ring (bicyclic) bond motifs is 1. The molecule has 0 bridgehead atoms. The molecule has 2 heterocycles. The number of imidazole rings is 1. The van der Waals surface area contributed by atoms with Gasteiger partial charge in [-0.2, -0.15) is 0 Å². The first-order valence-corrected chi connectivity index (χ1v) is 10.6. The summed E-state index contributed by atoms with van der Waals surface area (Å²) in [6.07, 6.45) is 4.42. The van der Waals surface area contributed by atoms with E-state index in [0.29, 0.717) is 25.7 Å². The quantitative estimate of drug-likeness (QED) is 0.424. The third kappa shape index (κ3) is 5.85. The van der Waals surface area contributed by atoms with Crippen molar-refractivity contribution in [2.75, 3.05) is 32.8 Å². The third-order valence-electron chi connectivity index (χ3n) is 5.06. The number of carbonyl (C=O) groups is 1. The largest absolute Gasteiger partial charge is 0.450 e. The molecule has 3 rings (SSSR count). The van der Waals surface area contributed by atoms with Crippen molar-refractivity contribution in [3.05, 3.63) is 30.6 Å². The number of amides is 1. The number of hydrogen-bond donors (Lipinski definition) is 2. The molecule has 0 radical (unpaired) electrons. The smallest absolute Gasteiger partial charge is 0.409 e. The number of carbonyl (C=O) groups excluding carboxylic acids is 1. The lowest BCUT2D eigenvalue weighted by Gasteiger charge is -2.32. The Morgan fingerprint density at radius 1 is 1.28 bits per heavy atom. The zero-order valence-electron chi connectivity index (χ0n) is 17.4. The molecule has 2 aromatic rings. The lowest BCUT2D eigenvalue weighted by atomic mass is 10.1. The topological polar surface area (TPSA) is 83.8 Å². The molecule has 0 saturated carbocycles. The highest BCUT2D eigenvalue weighted by atomic mass is 16.6. The fraction of sp³-hybridized carbons (Fsp3) is 0.571. The minimum Gasteiger partial charge on any atom is -0.450 e. The molecule has 0 unspecified atom stereocenters. The molecule has 1 amide bonds. The molecule has 0 aliphatic carbocycles. The Balaban J connectivity index is 1.45. The van der Waals surface area contributed by atoms with Gasteiger partial charge in [0.25, 0.3) is 0 Å². The molecule has 158 valence electrons. The zero-order valence-corrected chi connectivity index (χ0v) is 17.4. The van der Waals surface area contributed by atoms with Crippen LogP contribution in [0.4, 0.5) is 4.79 Å². The van der Waals surface area contributed by atoms with Gasteiger partial charge in [-0.25, -0.2) is 9.78 Å². The third-order valence-corrected chi connectivity index (χ3v) is 5.06. The fourth-order valence-electron chi connectivity index (χ4n) is 3.55. The number of aryl methyl sites for hydroxylation is 1. The summed E-state index contributed by atoms with van der Waals surface area (Å²) in [6, 6.07) is 8.50. The summed E-state index contributed by atoms with van der Waals surface area (Å²) in [5.41, 5.74) is 2.19. The second-order valence-electron chi connectivity index (χ2n) is 7.15. The molecule has 8 heteroatoms. The highest BCUT2D eigenvalue weighted by molar-refractivity contribution is 5.80. The van der Waals surface area contributed by atoms with Crippen molar-refractivity contribution in [3.8, 4) is 0 Å². The van der Waals surface area contributed by atoms with Gasteiger partial charge in [-0.05, 0) is 45.2 Å². The number of aromatic nitrogens is 2. The number of piperidine rings is 1. The normalized spacial score (nSPS) is 15.5. The van der Waals surface area contributed by atoms with Crippen LogP contribution in [0.15, 0.2) is 35.6 Å². The van der Waals surface area contributed by atoms with Gasteiger partial charge in [0.2, 0.25) is 0 Å². The van der Waals surface area contributed by atoms with Crippen LogP contribution < -0.4 is 10.6 Å². The van der Waals surface area contributed by atoms with Gasteiger partial charge in [0, 0.05) is 38.8 Å². The standard InChI is InChI=1S/C21H32N6O2/c1-3-22-20(25-17-10-14-26(15-11-17)21(28)29-4-2)23-12-7-13-27-16-24-18-8-5-6-9-19(18)27/h5-6,8-9,16-17H,3-4,7,10-15H2,1-2H3,(H2,22,23,25). The average molecular weight is 401 g/mol. The van der Waals surface area contributed by atoms with Gasteiger partial charge in [0.05, 0.1) is 24.0 Å². The Morgan fingerprint density at radius 2 is 2.07 bits per heavy atom. The number of benzene rings is 1. The van der Waals surface area contributed by atoms with Crippen molar-refractivity contribution >= 4 is 23.1 Å². The molecular formula is C21H32N6O2. The van der Waals surface area contributed by atoms with Crippen LogP contribution in [0, 0.1) is 0 Å². The Labute approximate surface area is 172 Å². The van der Waals surface area contributed by atoms with E-state index < -0.39 is 0 Å². The van der Waals surface area contributed by atoms with Gasteiger partial charge in [0.15, 0.2) is 5.96 Å². The first kappa shape index (κ1) is 21.0. The van der Waals surface area contributed by atoms with Crippen molar-refractivity contribution in [2.24, 2.45) is 4.99 Å². The van der Waals surface area contributed by atoms with Crippen molar-refractivity contribution in [3.63, 3.8) is 0 Å². The lowest BCUT2D eigenvalue weighted by Crippen LogP contribution is -2.49. The Hall–Kier alpha value is -2.77. The summed E-state index contributed by atoms with van der Waals surface area (Å²) in [5, 5.41) is 6.83. The number of ether oxygens (including phenoxy) is 1. The van der Waals surface area contributed by atoms with Gasteiger partial charge >= 0.3 is 6.09 Å². The second-order valence-corrected chi connectivity index (χ2v) is 7.15. The van der Waals surface area contributed by atoms with Gasteiger partial charge in [-0.1, -0.05) is 12.1 Å². The molecule has 1 aliphatic heterocycles.